The molecule has 0 unspecified atom stereocenters. The molecule has 0 radical (unpaired) electrons. The van der Waals surface area contributed by atoms with Crippen LogP contribution in [0, 0.1) is 5.82 Å². The van der Waals surface area contributed by atoms with Gasteiger partial charge in [-0.2, -0.15) is 0 Å². The number of rotatable bonds is 4. The highest BCUT2D eigenvalue weighted by Gasteiger charge is 2.32. The van der Waals surface area contributed by atoms with E-state index in [-0.39, 0.29) is 11.9 Å². The van der Waals surface area contributed by atoms with Crippen molar-refractivity contribution in [3.05, 3.63) is 42.3 Å². The molecule has 1 saturated heterocycles. The number of halogens is 4. The number of pyridine rings is 1. The summed E-state index contributed by atoms with van der Waals surface area (Å²) in [6.07, 6.45) is -1.81. The number of piperidine rings is 1. The zero-order chi connectivity index (χ0) is 20.3. The fraction of sp³-hybridized carbons (Fsp3) is 0.368. The van der Waals surface area contributed by atoms with E-state index in [4.69, 9.17) is 0 Å². The number of carbonyl (C=O) groups excluding carboxylic acids is 1. The summed E-state index contributed by atoms with van der Waals surface area (Å²) in [5.41, 5.74) is 1.52. The molecule has 1 fully saturated rings. The number of aromatic nitrogens is 1. The third kappa shape index (κ3) is 5.11. The molecule has 1 N–H and O–H groups in total. The van der Waals surface area contributed by atoms with Crippen LogP contribution < -0.4 is 10.1 Å². The Morgan fingerprint density at radius 1 is 1.21 bits per heavy atom. The van der Waals surface area contributed by atoms with E-state index in [1.807, 2.05) is 0 Å². The van der Waals surface area contributed by atoms with Crippen LogP contribution in [-0.2, 0) is 4.79 Å². The number of likely N-dealkylation sites (tertiary alicyclic amines) is 1. The summed E-state index contributed by atoms with van der Waals surface area (Å²) in [7, 11) is 0. The van der Waals surface area contributed by atoms with Crippen molar-refractivity contribution in [3.63, 3.8) is 0 Å². The van der Waals surface area contributed by atoms with Crippen LogP contribution in [0.15, 0.2) is 36.5 Å². The standard InChI is InChI=1S/C19H19F4N3O2/c1-12(27)26-8-5-14(6-9-26)25-15-4-7-24-17(11-15)13-2-3-18(16(20)10-13)28-19(21,22)23/h2-4,7,10-11,14H,5-6,8-9H2,1H3,(H,24,25). The maximum Gasteiger partial charge on any atom is 0.573 e. The average Bonchev–Trinajstić information content (AvgIpc) is 2.63. The van der Waals surface area contributed by atoms with E-state index in [1.165, 1.54) is 6.07 Å². The minimum absolute atomic E-state index is 0.0598. The number of hydrogen-bond donors (Lipinski definition) is 1. The summed E-state index contributed by atoms with van der Waals surface area (Å²) in [5, 5.41) is 3.36. The van der Waals surface area contributed by atoms with Gasteiger partial charge in [0.25, 0.3) is 0 Å². The predicted molar refractivity (Wildman–Crippen MR) is 95.2 cm³/mol. The fourth-order valence-corrected chi connectivity index (χ4v) is 3.12. The largest absolute Gasteiger partial charge is 0.573 e. The van der Waals surface area contributed by atoms with Gasteiger partial charge in [0.05, 0.1) is 5.69 Å². The summed E-state index contributed by atoms with van der Waals surface area (Å²) in [5.74, 6) is -1.95. The van der Waals surface area contributed by atoms with Crippen molar-refractivity contribution in [3.8, 4) is 17.0 Å². The molecule has 1 aromatic heterocycles. The fourth-order valence-electron chi connectivity index (χ4n) is 3.12. The van der Waals surface area contributed by atoms with Crippen LogP contribution in [0.4, 0.5) is 23.2 Å². The summed E-state index contributed by atoms with van der Waals surface area (Å²) >= 11 is 0. The summed E-state index contributed by atoms with van der Waals surface area (Å²) in [6.45, 7) is 2.90. The highest BCUT2D eigenvalue weighted by molar-refractivity contribution is 5.73. The van der Waals surface area contributed by atoms with Gasteiger partial charge in [-0.05, 0) is 43.2 Å². The third-order valence-electron chi connectivity index (χ3n) is 4.52. The quantitative estimate of drug-likeness (QED) is 0.786. The first-order chi connectivity index (χ1) is 13.2. The monoisotopic (exact) mass is 397 g/mol. The van der Waals surface area contributed by atoms with E-state index in [9.17, 15) is 22.4 Å². The normalized spacial score (nSPS) is 15.4. The van der Waals surface area contributed by atoms with Gasteiger partial charge in [-0.1, -0.05) is 0 Å². The van der Waals surface area contributed by atoms with Crippen molar-refractivity contribution in [2.75, 3.05) is 18.4 Å². The molecule has 1 aromatic carbocycles. The van der Waals surface area contributed by atoms with Crippen LogP contribution in [0.2, 0.25) is 0 Å². The Morgan fingerprint density at radius 2 is 1.93 bits per heavy atom. The number of amides is 1. The molecule has 9 heteroatoms. The van der Waals surface area contributed by atoms with Crippen LogP contribution in [0.25, 0.3) is 11.3 Å². The summed E-state index contributed by atoms with van der Waals surface area (Å²) in [6, 6.07) is 6.86. The van der Waals surface area contributed by atoms with Crippen molar-refractivity contribution in [2.24, 2.45) is 0 Å². The van der Waals surface area contributed by atoms with Gasteiger partial charge in [0.1, 0.15) is 0 Å². The van der Waals surface area contributed by atoms with Gasteiger partial charge < -0.3 is 15.0 Å². The Labute approximate surface area is 159 Å². The third-order valence-corrected chi connectivity index (χ3v) is 4.52. The van der Waals surface area contributed by atoms with E-state index in [0.29, 0.717) is 24.3 Å². The van der Waals surface area contributed by atoms with Gasteiger partial charge >= 0.3 is 6.36 Å². The minimum atomic E-state index is -4.96. The van der Waals surface area contributed by atoms with Crippen LogP contribution in [-0.4, -0.2) is 41.3 Å². The molecule has 150 valence electrons. The summed E-state index contributed by atoms with van der Waals surface area (Å²) in [4.78, 5) is 17.3. The van der Waals surface area contributed by atoms with Crippen molar-refractivity contribution in [1.29, 1.82) is 0 Å². The maximum absolute atomic E-state index is 13.9. The number of hydrogen-bond acceptors (Lipinski definition) is 4. The Kier molecular flexibility index (Phi) is 5.71. The van der Waals surface area contributed by atoms with Crippen molar-refractivity contribution < 1.29 is 27.1 Å². The molecule has 0 saturated carbocycles. The van der Waals surface area contributed by atoms with Gasteiger partial charge in [0.2, 0.25) is 5.91 Å². The molecule has 0 bridgehead atoms. The van der Waals surface area contributed by atoms with Gasteiger partial charge in [0, 0.05) is 43.5 Å². The van der Waals surface area contributed by atoms with E-state index in [2.05, 4.69) is 15.0 Å². The van der Waals surface area contributed by atoms with E-state index in [0.717, 1.165) is 30.7 Å². The first kappa shape index (κ1) is 19.9. The second-order valence-corrected chi connectivity index (χ2v) is 6.55. The zero-order valence-electron chi connectivity index (χ0n) is 15.1. The van der Waals surface area contributed by atoms with Gasteiger partial charge in [-0.15, -0.1) is 13.2 Å². The van der Waals surface area contributed by atoms with Crippen LogP contribution in [0.3, 0.4) is 0 Å². The second kappa shape index (κ2) is 8.04. The molecule has 0 atom stereocenters. The topological polar surface area (TPSA) is 54.5 Å². The molecule has 28 heavy (non-hydrogen) atoms. The lowest BCUT2D eigenvalue weighted by molar-refractivity contribution is -0.275. The van der Waals surface area contributed by atoms with E-state index >= 15 is 0 Å². The molecule has 2 aromatic rings. The number of anilines is 1. The highest BCUT2D eigenvalue weighted by atomic mass is 19.4. The van der Waals surface area contributed by atoms with Crippen LogP contribution in [0.5, 0.6) is 5.75 Å². The first-order valence-electron chi connectivity index (χ1n) is 8.75. The molecule has 1 aliphatic rings. The molecule has 1 aliphatic heterocycles. The number of carbonyl (C=O) groups is 1. The smallest absolute Gasteiger partial charge is 0.403 e. The van der Waals surface area contributed by atoms with E-state index in [1.54, 1.807) is 30.2 Å². The van der Waals surface area contributed by atoms with Crippen molar-refractivity contribution >= 4 is 11.6 Å². The van der Waals surface area contributed by atoms with Crippen LogP contribution in [0.1, 0.15) is 19.8 Å². The number of ether oxygens (including phenoxy) is 1. The zero-order valence-corrected chi connectivity index (χ0v) is 15.1. The first-order valence-corrected chi connectivity index (χ1v) is 8.75. The number of nitrogens with one attached hydrogen (secondary N) is 1. The lowest BCUT2D eigenvalue weighted by Gasteiger charge is -2.32. The molecule has 3 rings (SSSR count). The molecule has 0 spiro atoms. The number of nitrogens with zero attached hydrogens (tertiary/aromatic N) is 2. The predicted octanol–water partition coefficient (Wildman–Crippen LogP) is 4.21. The molecule has 5 nitrogen and oxygen atoms in total. The maximum atomic E-state index is 13.9. The average molecular weight is 397 g/mol. The Hall–Kier alpha value is -2.84. The Balaban J connectivity index is 1.70. The summed E-state index contributed by atoms with van der Waals surface area (Å²) < 4.78 is 54.4. The SMILES string of the molecule is CC(=O)N1CCC(Nc2ccnc(-c3ccc(OC(F)(F)F)c(F)c3)c2)CC1. The van der Waals surface area contributed by atoms with Gasteiger partial charge in [-0.25, -0.2) is 4.39 Å². The molecular weight excluding hydrogens is 378 g/mol. The number of alkyl halides is 3. The highest BCUT2D eigenvalue weighted by Crippen LogP contribution is 2.30. The Bertz CT molecular complexity index is 849. The van der Waals surface area contributed by atoms with Crippen LogP contribution >= 0.6 is 0 Å². The Morgan fingerprint density at radius 3 is 2.54 bits per heavy atom. The van der Waals surface area contributed by atoms with Gasteiger partial charge in [-0.3, -0.25) is 9.78 Å². The van der Waals surface area contributed by atoms with Crippen molar-refractivity contribution in [2.45, 2.75) is 32.2 Å². The van der Waals surface area contributed by atoms with Crippen molar-refractivity contribution in [1.82, 2.24) is 9.88 Å². The number of benzene rings is 1. The minimum Gasteiger partial charge on any atom is -0.403 e. The molecule has 1 amide bonds. The molecule has 0 aliphatic carbocycles. The molecule has 2 heterocycles. The van der Waals surface area contributed by atoms with Gasteiger partial charge in [0.15, 0.2) is 11.6 Å². The molecular formula is C19H19F4N3O2. The van der Waals surface area contributed by atoms with E-state index < -0.39 is 17.9 Å². The lowest BCUT2D eigenvalue weighted by atomic mass is 10.0. The second-order valence-electron chi connectivity index (χ2n) is 6.55. The lowest BCUT2D eigenvalue weighted by Crippen LogP contribution is -2.41.